The van der Waals surface area contributed by atoms with Crippen LogP contribution in [0.15, 0.2) is 12.4 Å². The van der Waals surface area contributed by atoms with Crippen LogP contribution in [0.4, 0.5) is 5.82 Å². The summed E-state index contributed by atoms with van der Waals surface area (Å²) in [5, 5.41) is 7.87. The Morgan fingerprint density at radius 2 is 2.33 bits per heavy atom. The lowest BCUT2D eigenvalue weighted by molar-refractivity contribution is 0.390. The molecular weight excluding hydrogens is 264 g/mol. The minimum atomic E-state index is 0.691. The molecule has 3 heterocycles. The van der Waals surface area contributed by atoms with Crippen LogP contribution in [0.5, 0.6) is 0 Å². The highest BCUT2D eigenvalue weighted by Gasteiger charge is 2.22. The molecule has 0 radical (unpaired) electrons. The monoisotopic (exact) mass is 288 g/mol. The Balaban J connectivity index is 1.77. The van der Waals surface area contributed by atoms with E-state index in [1.54, 1.807) is 6.33 Å². The third-order valence-electron chi connectivity index (χ3n) is 4.06. The molecule has 1 N–H and O–H groups in total. The fourth-order valence-corrected chi connectivity index (χ4v) is 3.06. The van der Waals surface area contributed by atoms with Crippen molar-refractivity contribution in [1.29, 1.82) is 0 Å². The fraction of sp³-hybridized carbons (Fsp3) is 0.667. The third kappa shape index (κ3) is 3.15. The first-order valence-electron chi connectivity index (χ1n) is 7.91. The van der Waals surface area contributed by atoms with Crippen molar-refractivity contribution in [2.45, 2.75) is 33.1 Å². The molecule has 0 bridgehead atoms. The second kappa shape index (κ2) is 6.39. The Kier molecular flexibility index (Phi) is 4.34. The van der Waals surface area contributed by atoms with Gasteiger partial charge in [-0.2, -0.15) is 14.6 Å². The van der Waals surface area contributed by atoms with Crippen LogP contribution < -0.4 is 10.2 Å². The number of hydrogen-bond acceptors (Lipinski definition) is 5. The van der Waals surface area contributed by atoms with Gasteiger partial charge in [0.1, 0.15) is 12.1 Å². The Labute approximate surface area is 125 Å². The Morgan fingerprint density at radius 3 is 3.19 bits per heavy atom. The van der Waals surface area contributed by atoms with Gasteiger partial charge in [-0.05, 0) is 45.2 Å². The molecule has 1 unspecified atom stereocenters. The van der Waals surface area contributed by atoms with Gasteiger partial charge in [0.2, 0.25) is 0 Å². The van der Waals surface area contributed by atoms with E-state index in [0.717, 1.165) is 37.7 Å². The standard InChI is InChI=1S/C15H24N6/c1-3-6-16-9-13-5-4-7-20(10-13)14-8-12(2)19-15-17-11-18-21(14)15/h8,11,13,16H,3-7,9-10H2,1-2H3. The van der Waals surface area contributed by atoms with Gasteiger partial charge in [0, 0.05) is 24.8 Å². The smallest absolute Gasteiger partial charge is 0.254 e. The lowest BCUT2D eigenvalue weighted by Crippen LogP contribution is -2.40. The molecule has 0 aliphatic carbocycles. The second-order valence-electron chi connectivity index (χ2n) is 5.89. The quantitative estimate of drug-likeness (QED) is 0.848. The van der Waals surface area contributed by atoms with E-state index >= 15 is 0 Å². The third-order valence-corrected chi connectivity index (χ3v) is 4.06. The van der Waals surface area contributed by atoms with E-state index in [-0.39, 0.29) is 0 Å². The topological polar surface area (TPSA) is 58.3 Å². The number of aromatic nitrogens is 4. The molecule has 114 valence electrons. The van der Waals surface area contributed by atoms with E-state index in [0.29, 0.717) is 11.7 Å². The maximum Gasteiger partial charge on any atom is 0.254 e. The number of nitrogens with one attached hydrogen (secondary N) is 1. The molecule has 2 aromatic rings. The minimum Gasteiger partial charge on any atom is -0.356 e. The van der Waals surface area contributed by atoms with Crippen molar-refractivity contribution < 1.29 is 0 Å². The molecule has 0 aromatic carbocycles. The fourth-order valence-electron chi connectivity index (χ4n) is 3.06. The summed E-state index contributed by atoms with van der Waals surface area (Å²) in [4.78, 5) is 11.1. The Hall–Kier alpha value is -1.69. The van der Waals surface area contributed by atoms with E-state index in [1.807, 2.05) is 11.4 Å². The van der Waals surface area contributed by atoms with Crippen LogP contribution in [0.25, 0.3) is 5.78 Å². The Morgan fingerprint density at radius 1 is 1.43 bits per heavy atom. The van der Waals surface area contributed by atoms with Crippen LogP contribution >= 0.6 is 0 Å². The molecule has 1 aliphatic heterocycles. The van der Waals surface area contributed by atoms with Gasteiger partial charge >= 0.3 is 0 Å². The number of hydrogen-bond donors (Lipinski definition) is 1. The van der Waals surface area contributed by atoms with Gasteiger partial charge in [0.25, 0.3) is 5.78 Å². The van der Waals surface area contributed by atoms with Crippen molar-refractivity contribution in [2.24, 2.45) is 5.92 Å². The summed E-state index contributed by atoms with van der Waals surface area (Å²) in [5.41, 5.74) is 0.997. The zero-order chi connectivity index (χ0) is 14.7. The molecule has 6 nitrogen and oxygen atoms in total. The van der Waals surface area contributed by atoms with E-state index in [4.69, 9.17) is 0 Å². The summed E-state index contributed by atoms with van der Waals surface area (Å²) in [7, 11) is 0. The number of fused-ring (bicyclic) bond motifs is 1. The molecule has 21 heavy (non-hydrogen) atoms. The van der Waals surface area contributed by atoms with Crippen molar-refractivity contribution in [3.63, 3.8) is 0 Å². The zero-order valence-corrected chi connectivity index (χ0v) is 12.9. The summed E-state index contributed by atoms with van der Waals surface area (Å²) in [5.74, 6) is 2.52. The maximum atomic E-state index is 4.42. The lowest BCUT2D eigenvalue weighted by atomic mass is 9.98. The Bertz CT molecular complexity index is 593. The molecule has 3 rings (SSSR count). The van der Waals surface area contributed by atoms with Gasteiger partial charge in [0.05, 0.1) is 0 Å². The molecule has 1 saturated heterocycles. The number of anilines is 1. The van der Waals surface area contributed by atoms with Gasteiger partial charge in [-0.25, -0.2) is 4.98 Å². The minimum absolute atomic E-state index is 0.691. The van der Waals surface area contributed by atoms with Crippen LogP contribution in [-0.2, 0) is 0 Å². The van der Waals surface area contributed by atoms with Crippen LogP contribution in [0, 0.1) is 12.8 Å². The SMILES string of the molecule is CCCNCC1CCCN(c2cc(C)nc3ncnn23)C1. The van der Waals surface area contributed by atoms with Crippen molar-refractivity contribution in [1.82, 2.24) is 24.9 Å². The summed E-state index contributed by atoms with van der Waals surface area (Å²) in [6, 6.07) is 2.11. The summed E-state index contributed by atoms with van der Waals surface area (Å²) in [6.45, 7) is 8.61. The highest BCUT2D eigenvalue weighted by Crippen LogP contribution is 2.23. The first-order valence-corrected chi connectivity index (χ1v) is 7.91. The van der Waals surface area contributed by atoms with E-state index in [9.17, 15) is 0 Å². The average molecular weight is 288 g/mol. The van der Waals surface area contributed by atoms with Gasteiger partial charge < -0.3 is 10.2 Å². The lowest BCUT2D eigenvalue weighted by Gasteiger charge is -2.34. The van der Waals surface area contributed by atoms with Gasteiger partial charge in [-0.1, -0.05) is 6.92 Å². The van der Waals surface area contributed by atoms with Crippen molar-refractivity contribution in [3.05, 3.63) is 18.1 Å². The number of aryl methyl sites for hydroxylation is 1. The zero-order valence-electron chi connectivity index (χ0n) is 12.9. The maximum absolute atomic E-state index is 4.42. The molecule has 1 fully saturated rings. The molecule has 1 aliphatic rings. The first-order chi connectivity index (χ1) is 10.3. The number of piperidine rings is 1. The van der Waals surface area contributed by atoms with E-state index < -0.39 is 0 Å². The largest absolute Gasteiger partial charge is 0.356 e. The predicted molar refractivity (Wildman–Crippen MR) is 83.6 cm³/mol. The molecule has 6 heteroatoms. The highest BCUT2D eigenvalue weighted by atomic mass is 15.4. The van der Waals surface area contributed by atoms with E-state index in [1.165, 1.54) is 19.3 Å². The van der Waals surface area contributed by atoms with Gasteiger partial charge in [0.15, 0.2) is 0 Å². The molecule has 1 atom stereocenters. The molecule has 0 amide bonds. The molecule has 0 spiro atoms. The van der Waals surface area contributed by atoms with Gasteiger partial charge in [-0.15, -0.1) is 0 Å². The second-order valence-corrected chi connectivity index (χ2v) is 5.89. The highest BCUT2D eigenvalue weighted by molar-refractivity contribution is 5.47. The van der Waals surface area contributed by atoms with Crippen molar-refractivity contribution in [3.8, 4) is 0 Å². The first kappa shape index (κ1) is 14.3. The van der Waals surface area contributed by atoms with Crippen LogP contribution in [0.3, 0.4) is 0 Å². The number of rotatable bonds is 5. The summed E-state index contributed by atoms with van der Waals surface area (Å²) < 4.78 is 1.86. The summed E-state index contributed by atoms with van der Waals surface area (Å²) >= 11 is 0. The molecule has 0 saturated carbocycles. The predicted octanol–water partition coefficient (Wildman–Crippen LogP) is 1.65. The van der Waals surface area contributed by atoms with Crippen molar-refractivity contribution in [2.75, 3.05) is 31.1 Å². The van der Waals surface area contributed by atoms with E-state index in [2.05, 4.69) is 38.3 Å². The molecular formula is C15H24N6. The average Bonchev–Trinajstić information content (AvgIpc) is 2.95. The summed E-state index contributed by atoms with van der Waals surface area (Å²) in [6.07, 6.45) is 5.31. The van der Waals surface area contributed by atoms with Gasteiger partial charge in [-0.3, -0.25) is 0 Å². The van der Waals surface area contributed by atoms with Crippen LogP contribution in [0.1, 0.15) is 31.9 Å². The number of nitrogens with zero attached hydrogens (tertiary/aromatic N) is 5. The molecule has 2 aromatic heterocycles. The van der Waals surface area contributed by atoms with Crippen molar-refractivity contribution >= 4 is 11.6 Å². The normalized spacial score (nSPS) is 19.3. The van der Waals surface area contributed by atoms with Crippen LogP contribution in [-0.4, -0.2) is 45.8 Å². The van der Waals surface area contributed by atoms with Crippen LogP contribution in [0.2, 0.25) is 0 Å².